The molecule has 0 aliphatic rings. The second kappa shape index (κ2) is 11.4. The van der Waals surface area contributed by atoms with Gasteiger partial charge >= 0.3 is 0 Å². The molecule has 5 aromatic rings. The fourth-order valence-corrected chi connectivity index (χ4v) is 4.13. The van der Waals surface area contributed by atoms with Crippen molar-refractivity contribution in [3.8, 4) is 22.9 Å². The average Bonchev–Trinajstić information content (AvgIpc) is 2.95. The lowest BCUT2D eigenvalue weighted by Gasteiger charge is -2.12. The number of benzene rings is 2. The molecule has 0 bridgehead atoms. The summed E-state index contributed by atoms with van der Waals surface area (Å²) in [5.41, 5.74) is 0.980. The Bertz CT molecular complexity index is 1770. The summed E-state index contributed by atoms with van der Waals surface area (Å²) in [6, 6.07) is 12.5. The van der Waals surface area contributed by atoms with Gasteiger partial charge in [-0.2, -0.15) is 9.78 Å². The van der Waals surface area contributed by atoms with Gasteiger partial charge in [0.1, 0.15) is 17.1 Å². The molecule has 0 amide bonds. The number of hydrogen-bond donors (Lipinski definition) is 0. The van der Waals surface area contributed by atoms with E-state index in [9.17, 15) is 14.0 Å². The van der Waals surface area contributed by atoms with Gasteiger partial charge in [-0.15, -0.1) is 0 Å². The fraction of sp³-hybridized carbons (Fsp3) is 0.138. The van der Waals surface area contributed by atoms with Gasteiger partial charge in [-0.1, -0.05) is 6.07 Å². The molecule has 5 rings (SSSR count). The van der Waals surface area contributed by atoms with Gasteiger partial charge in [-0.3, -0.25) is 14.6 Å². The second-order valence-electron chi connectivity index (χ2n) is 8.69. The molecule has 202 valence electrons. The number of halogens is 2. The normalized spacial score (nSPS) is 11.0. The molecular formula is C29H22F2N4O5. The van der Waals surface area contributed by atoms with Crippen LogP contribution in [0, 0.1) is 11.6 Å². The van der Waals surface area contributed by atoms with Crippen LogP contribution in [0.2, 0.25) is 0 Å². The topological polar surface area (TPSA) is 105 Å². The monoisotopic (exact) mass is 544 g/mol. The lowest BCUT2D eigenvalue weighted by molar-refractivity contribution is 0.0985. The summed E-state index contributed by atoms with van der Waals surface area (Å²) in [6.07, 6.45) is 4.09. The van der Waals surface area contributed by atoms with Crippen molar-refractivity contribution in [2.24, 2.45) is 0 Å². The van der Waals surface area contributed by atoms with Crippen molar-refractivity contribution in [2.75, 3.05) is 14.2 Å². The number of methoxy groups -OCH3 is 2. The summed E-state index contributed by atoms with van der Waals surface area (Å²) in [7, 11) is 2.94. The number of hydrogen-bond acceptors (Lipinski definition) is 8. The van der Waals surface area contributed by atoms with Crippen molar-refractivity contribution in [1.29, 1.82) is 0 Å². The number of fused-ring (bicyclic) bond motifs is 1. The minimum absolute atomic E-state index is 0.0332. The number of carbonyl (C=O) groups excluding carboxylic acids is 1. The van der Waals surface area contributed by atoms with E-state index in [0.29, 0.717) is 22.3 Å². The maximum atomic E-state index is 15.1. The molecular weight excluding hydrogens is 522 g/mol. The van der Waals surface area contributed by atoms with Crippen molar-refractivity contribution >= 4 is 16.8 Å². The van der Waals surface area contributed by atoms with E-state index in [4.69, 9.17) is 14.2 Å². The van der Waals surface area contributed by atoms with Gasteiger partial charge in [-0.05, 0) is 42.0 Å². The van der Waals surface area contributed by atoms with Gasteiger partial charge in [0.25, 0.3) is 5.56 Å². The smallest absolute Gasteiger partial charge is 0.282 e. The molecule has 0 atom stereocenters. The van der Waals surface area contributed by atoms with Gasteiger partial charge in [0, 0.05) is 37.4 Å². The number of aromatic nitrogens is 4. The van der Waals surface area contributed by atoms with Crippen LogP contribution in [0.1, 0.15) is 21.5 Å². The quantitative estimate of drug-likeness (QED) is 0.243. The van der Waals surface area contributed by atoms with E-state index >= 15 is 4.39 Å². The zero-order chi connectivity index (χ0) is 28.2. The summed E-state index contributed by atoms with van der Waals surface area (Å²) in [5, 5.41) is 4.10. The summed E-state index contributed by atoms with van der Waals surface area (Å²) in [6.45, 7) is -0.0332. The molecule has 3 heterocycles. The molecule has 0 aliphatic heterocycles. The highest BCUT2D eigenvalue weighted by Gasteiger charge is 2.21. The zero-order valence-corrected chi connectivity index (χ0v) is 21.4. The molecule has 0 fully saturated rings. The second-order valence-corrected chi connectivity index (χ2v) is 8.69. The molecule has 0 saturated carbocycles. The van der Waals surface area contributed by atoms with Crippen molar-refractivity contribution in [1.82, 2.24) is 19.7 Å². The molecule has 0 aliphatic carbocycles. The Hall–Kier alpha value is -5.03. The van der Waals surface area contributed by atoms with E-state index in [1.807, 2.05) is 0 Å². The van der Waals surface area contributed by atoms with Gasteiger partial charge in [0.05, 0.1) is 42.9 Å². The number of ketones is 1. The molecule has 11 heteroatoms. The molecule has 0 saturated heterocycles. The Kier molecular flexibility index (Phi) is 7.56. The first-order valence-corrected chi connectivity index (χ1v) is 12.0. The highest BCUT2D eigenvalue weighted by Crippen LogP contribution is 2.31. The summed E-state index contributed by atoms with van der Waals surface area (Å²) in [5.74, 6) is -1.01. The Morgan fingerprint density at radius 1 is 0.950 bits per heavy atom. The van der Waals surface area contributed by atoms with Gasteiger partial charge in [0.2, 0.25) is 0 Å². The first-order valence-electron chi connectivity index (χ1n) is 12.0. The lowest BCUT2D eigenvalue weighted by Crippen LogP contribution is -2.30. The Morgan fingerprint density at radius 2 is 1.75 bits per heavy atom. The third-order valence-electron chi connectivity index (χ3n) is 6.04. The van der Waals surface area contributed by atoms with Crippen LogP contribution in [0.4, 0.5) is 8.78 Å². The van der Waals surface area contributed by atoms with Crippen LogP contribution in [0.25, 0.3) is 16.7 Å². The molecule has 9 nitrogen and oxygen atoms in total. The lowest BCUT2D eigenvalue weighted by atomic mass is 10.0. The standard InChI is InChI=1S/C29H22F2N4O5/c1-38-16-18-14-34-35(20-6-4-19(30)5-7-20)29(37)27(18)24(36)12-17-3-8-25(22(31)11-17)40-26-9-10-32-23-13-21(39-2)15-33-28(23)26/h3-11,13-15H,12,16H2,1-2H3. The minimum atomic E-state index is -0.709. The first-order chi connectivity index (χ1) is 19.4. The largest absolute Gasteiger partial charge is 0.495 e. The van der Waals surface area contributed by atoms with Crippen LogP contribution in [-0.2, 0) is 17.8 Å². The van der Waals surface area contributed by atoms with E-state index in [0.717, 1.165) is 4.68 Å². The highest BCUT2D eigenvalue weighted by molar-refractivity contribution is 5.98. The number of rotatable bonds is 9. The van der Waals surface area contributed by atoms with Crippen LogP contribution in [0.15, 0.2) is 78.0 Å². The van der Waals surface area contributed by atoms with E-state index in [-0.39, 0.29) is 41.3 Å². The Morgan fingerprint density at radius 3 is 2.48 bits per heavy atom. The third kappa shape index (κ3) is 5.40. The molecule has 0 spiro atoms. The third-order valence-corrected chi connectivity index (χ3v) is 6.04. The average molecular weight is 545 g/mol. The van der Waals surface area contributed by atoms with Crippen LogP contribution in [-0.4, -0.2) is 39.8 Å². The molecule has 3 aromatic heterocycles. The Balaban J connectivity index is 1.42. The van der Waals surface area contributed by atoms with Crippen LogP contribution >= 0.6 is 0 Å². The maximum Gasteiger partial charge on any atom is 0.282 e. The first kappa shape index (κ1) is 26.6. The van der Waals surface area contributed by atoms with Gasteiger partial charge in [-0.25, -0.2) is 13.8 Å². The molecule has 2 aromatic carbocycles. The zero-order valence-electron chi connectivity index (χ0n) is 21.4. The molecule has 40 heavy (non-hydrogen) atoms. The van der Waals surface area contributed by atoms with Crippen molar-refractivity contribution in [2.45, 2.75) is 13.0 Å². The highest BCUT2D eigenvalue weighted by atomic mass is 19.1. The minimum Gasteiger partial charge on any atom is -0.495 e. The molecule has 0 N–H and O–H groups in total. The molecule has 0 unspecified atom stereocenters. The van der Waals surface area contributed by atoms with Crippen LogP contribution < -0.4 is 15.0 Å². The fourth-order valence-electron chi connectivity index (χ4n) is 4.13. The summed E-state index contributed by atoms with van der Waals surface area (Å²) >= 11 is 0. The van der Waals surface area contributed by atoms with E-state index in [1.54, 1.807) is 12.1 Å². The number of nitrogens with zero attached hydrogens (tertiary/aromatic N) is 4. The van der Waals surface area contributed by atoms with Gasteiger partial charge < -0.3 is 14.2 Å². The van der Waals surface area contributed by atoms with E-state index in [1.165, 1.54) is 75.3 Å². The van der Waals surface area contributed by atoms with Crippen molar-refractivity contribution in [3.63, 3.8) is 0 Å². The van der Waals surface area contributed by atoms with E-state index in [2.05, 4.69) is 15.1 Å². The van der Waals surface area contributed by atoms with E-state index < -0.39 is 23.0 Å². The van der Waals surface area contributed by atoms with Crippen molar-refractivity contribution < 1.29 is 27.8 Å². The number of carbonyl (C=O) groups is 1. The number of pyridine rings is 2. The van der Waals surface area contributed by atoms with Crippen molar-refractivity contribution in [3.05, 3.63) is 112 Å². The summed E-state index contributed by atoms with van der Waals surface area (Å²) in [4.78, 5) is 35.1. The SMILES string of the molecule is COCc1cnn(-c2ccc(F)cc2)c(=O)c1C(=O)Cc1ccc(Oc2ccnc3cc(OC)cnc23)c(F)c1. The molecule has 0 radical (unpaired) electrons. The maximum absolute atomic E-state index is 15.1. The number of Topliss-reactive ketones (excluding diaryl/α,β-unsaturated/α-hetero) is 1. The van der Waals surface area contributed by atoms with Crippen LogP contribution in [0.3, 0.4) is 0 Å². The number of ether oxygens (including phenoxy) is 3. The van der Waals surface area contributed by atoms with Crippen LogP contribution in [0.5, 0.6) is 17.2 Å². The Labute approximate surface area is 226 Å². The van der Waals surface area contributed by atoms with Gasteiger partial charge in [0.15, 0.2) is 23.1 Å². The predicted molar refractivity (Wildman–Crippen MR) is 141 cm³/mol. The summed E-state index contributed by atoms with van der Waals surface area (Å²) < 4.78 is 45.5. The predicted octanol–water partition coefficient (Wildman–Crippen LogP) is 4.83.